The minimum absolute atomic E-state index is 0.205. The van der Waals surface area contributed by atoms with E-state index in [1.54, 1.807) is 0 Å². The van der Waals surface area contributed by atoms with Gasteiger partial charge in [-0.25, -0.2) is 0 Å². The summed E-state index contributed by atoms with van der Waals surface area (Å²) in [7, 11) is 1.43. The van der Waals surface area contributed by atoms with Gasteiger partial charge in [0, 0.05) is 23.6 Å². The summed E-state index contributed by atoms with van der Waals surface area (Å²) in [6, 6.07) is 3.03. The van der Waals surface area contributed by atoms with Gasteiger partial charge in [-0.15, -0.1) is 0 Å². The van der Waals surface area contributed by atoms with E-state index in [-0.39, 0.29) is 12.4 Å². The van der Waals surface area contributed by atoms with Gasteiger partial charge < -0.3 is 14.6 Å². The number of benzene rings is 1. The zero-order chi connectivity index (χ0) is 11.4. The molecule has 0 bridgehead atoms. The Labute approximate surface area is 92.4 Å². The van der Waals surface area contributed by atoms with Crippen LogP contribution in [0.5, 0.6) is 11.5 Å². The third-order valence-electron chi connectivity index (χ3n) is 1.73. The first-order chi connectivity index (χ1) is 7.08. The fraction of sp³-hybridized carbons (Fsp3) is 0.300. The van der Waals surface area contributed by atoms with E-state index < -0.39 is 5.97 Å². The fourth-order valence-electron chi connectivity index (χ4n) is 1.15. The summed E-state index contributed by atoms with van der Waals surface area (Å²) in [6.45, 7) is 0.995. The van der Waals surface area contributed by atoms with E-state index in [1.807, 2.05) is 0 Å². The van der Waals surface area contributed by atoms with E-state index in [0.717, 1.165) is 0 Å². The molecule has 0 saturated heterocycles. The zero-order valence-corrected chi connectivity index (χ0v) is 9.17. The SMILES string of the molecule is COc1cc(Cl)cc(CO)c1OC(C)=O. The molecule has 1 rings (SSSR count). The largest absolute Gasteiger partial charge is 0.493 e. The number of carbonyl (C=O) groups is 1. The predicted molar refractivity (Wildman–Crippen MR) is 55.2 cm³/mol. The number of methoxy groups -OCH3 is 1. The second kappa shape index (κ2) is 5.00. The molecule has 0 amide bonds. The first-order valence-electron chi connectivity index (χ1n) is 4.24. The molecule has 0 aliphatic rings. The lowest BCUT2D eigenvalue weighted by atomic mass is 10.2. The van der Waals surface area contributed by atoms with Gasteiger partial charge in [0.1, 0.15) is 0 Å². The van der Waals surface area contributed by atoms with Gasteiger partial charge in [0.05, 0.1) is 13.7 Å². The quantitative estimate of drug-likeness (QED) is 0.635. The smallest absolute Gasteiger partial charge is 0.308 e. The van der Waals surface area contributed by atoms with Crippen molar-refractivity contribution in [3.05, 3.63) is 22.7 Å². The van der Waals surface area contributed by atoms with Crippen LogP contribution in [0.4, 0.5) is 0 Å². The molecule has 0 spiro atoms. The fourth-order valence-corrected chi connectivity index (χ4v) is 1.38. The number of aliphatic hydroxyl groups is 1. The number of halogens is 1. The minimum Gasteiger partial charge on any atom is -0.493 e. The molecule has 82 valence electrons. The van der Waals surface area contributed by atoms with Crippen LogP contribution in [-0.2, 0) is 11.4 Å². The molecule has 1 N–H and O–H groups in total. The van der Waals surface area contributed by atoms with Gasteiger partial charge in [-0.05, 0) is 6.07 Å². The normalized spacial score (nSPS) is 9.87. The van der Waals surface area contributed by atoms with Crippen LogP contribution >= 0.6 is 11.6 Å². The Hall–Kier alpha value is -1.26. The molecule has 0 fully saturated rings. The van der Waals surface area contributed by atoms with Crippen molar-refractivity contribution < 1.29 is 19.4 Å². The maximum Gasteiger partial charge on any atom is 0.308 e. The summed E-state index contributed by atoms with van der Waals surface area (Å²) in [5, 5.41) is 9.48. The zero-order valence-electron chi connectivity index (χ0n) is 8.41. The molecule has 15 heavy (non-hydrogen) atoms. The summed E-state index contributed by atoms with van der Waals surface area (Å²) >= 11 is 5.78. The standard InChI is InChI=1S/C10H11ClO4/c1-6(13)15-10-7(5-12)3-8(11)4-9(10)14-2/h3-4,12H,5H2,1-2H3. The van der Waals surface area contributed by atoms with Crippen molar-refractivity contribution in [1.29, 1.82) is 0 Å². The van der Waals surface area contributed by atoms with Gasteiger partial charge in [-0.2, -0.15) is 0 Å². The third kappa shape index (κ3) is 2.84. The Kier molecular flexibility index (Phi) is 3.94. The van der Waals surface area contributed by atoms with E-state index in [4.69, 9.17) is 26.2 Å². The third-order valence-corrected chi connectivity index (χ3v) is 1.95. The molecule has 1 aromatic carbocycles. The lowest BCUT2D eigenvalue weighted by molar-refractivity contribution is -0.132. The Morgan fingerprint density at radius 3 is 2.67 bits per heavy atom. The van der Waals surface area contributed by atoms with E-state index >= 15 is 0 Å². The number of esters is 1. The van der Waals surface area contributed by atoms with Crippen LogP contribution in [-0.4, -0.2) is 18.2 Å². The molecule has 4 nitrogen and oxygen atoms in total. The number of ether oxygens (including phenoxy) is 2. The first-order valence-corrected chi connectivity index (χ1v) is 4.62. The Balaban J connectivity index is 3.23. The van der Waals surface area contributed by atoms with E-state index in [1.165, 1.54) is 26.2 Å². The molecule has 0 unspecified atom stereocenters. The van der Waals surface area contributed by atoms with E-state index in [9.17, 15) is 4.79 Å². The van der Waals surface area contributed by atoms with Gasteiger partial charge in [-0.1, -0.05) is 11.6 Å². The Bertz CT molecular complexity index is 351. The highest BCUT2D eigenvalue weighted by Crippen LogP contribution is 2.34. The van der Waals surface area contributed by atoms with Crippen molar-refractivity contribution in [3.8, 4) is 11.5 Å². The van der Waals surface area contributed by atoms with Gasteiger partial charge in [0.25, 0.3) is 0 Å². The molecule has 0 aliphatic carbocycles. The molecular weight excluding hydrogens is 220 g/mol. The molecule has 5 heteroatoms. The van der Waals surface area contributed by atoms with Crippen LogP contribution in [0.1, 0.15) is 12.5 Å². The highest BCUT2D eigenvalue weighted by Gasteiger charge is 2.13. The highest BCUT2D eigenvalue weighted by molar-refractivity contribution is 6.30. The predicted octanol–water partition coefficient (Wildman–Crippen LogP) is 1.77. The molecule has 0 aliphatic heterocycles. The molecule has 0 aromatic heterocycles. The molecule has 0 atom stereocenters. The first kappa shape index (κ1) is 11.8. The van der Waals surface area contributed by atoms with E-state index in [0.29, 0.717) is 16.3 Å². The molecule has 0 radical (unpaired) electrons. The van der Waals surface area contributed by atoms with Crippen molar-refractivity contribution in [2.45, 2.75) is 13.5 Å². The molecule has 0 heterocycles. The number of carbonyl (C=O) groups excluding carboxylic acids is 1. The van der Waals surface area contributed by atoms with Crippen LogP contribution in [0.3, 0.4) is 0 Å². The lowest BCUT2D eigenvalue weighted by Crippen LogP contribution is -2.06. The summed E-state index contributed by atoms with van der Waals surface area (Å²) in [6.07, 6.45) is 0. The van der Waals surface area contributed by atoms with E-state index in [2.05, 4.69) is 0 Å². The Morgan fingerprint density at radius 2 is 2.20 bits per heavy atom. The molecule has 1 aromatic rings. The molecular formula is C10H11ClO4. The van der Waals surface area contributed by atoms with Crippen molar-refractivity contribution in [2.24, 2.45) is 0 Å². The van der Waals surface area contributed by atoms with Gasteiger partial charge in [-0.3, -0.25) is 4.79 Å². The van der Waals surface area contributed by atoms with Crippen molar-refractivity contribution >= 4 is 17.6 Å². The summed E-state index contributed by atoms with van der Waals surface area (Å²) in [5.41, 5.74) is 0.412. The van der Waals surface area contributed by atoms with Gasteiger partial charge >= 0.3 is 5.97 Å². The van der Waals surface area contributed by atoms with Gasteiger partial charge in [0.15, 0.2) is 11.5 Å². The average Bonchev–Trinajstić information content (AvgIpc) is 2.19. The monoisotopic (exact) mass is 230 g/mol. The highest BCUT2D eigenvalue weighted by atomic mass is 35.5. The summed E-state index contributed by atoms with van der Waals surface area (Å²) in [4.78, 5) is 10.8. The van der Waals surface area contributed by atoms with Gasteiger partial charge in [0.2, 0.25) is 0 Å². The van der Waals surface area contributed by atoms with Crippen molar-refractivity contribution in [2.75, 3.05) is 7.11 Å². The number of rotatable bonds is 3. The maximum absolute atomic E-state index is 10.8. The second-order valence-electron chi connectivity index (χ2n) is 2.85. The van der Waals surface area contributed by atoms with Crippen molar-refractivity contribution in [3.63, 3.8) is 0 Å². The topological polar surface area (TPSA) is 55.8 Å². The van der Waals surface area contributed by atoms with Crippen molar-refractivity contribution in [1.82, 2.24) is 0 Å². The number of aliphatic hydroxyl groups excluding tert-OH is 1. The van der Waals surface area contributed by atoms with Crippen LogP contribution < -0.4 is 9.47 Å². The molecule has 0 saturated carbocycles. The summed E-state index contributed by atoms with van der Waals surface area (Å²) < 4.78 is 9.93. The minimum atomic E-state index is -0.481. The summed E-state index contributed by atoms with van der Waals surface area (Å²) in [5.74, 6) is 0.0453. The number of hydrogen-bond acceptors (Lipinski definition) is 4. The second-order valence-corrected chi connectivity index (χ2v) is 3.28. The number of hydrogen-bond donors (Lipinski definition) is 1. The maximum atomic E-state index is 10.8. The van der Waals surface area contributed by atoms with Crippen LogP contribution in [0.15, 0.2) is 12.1 Å². The van der Waals surface area contributed by atoms with Crippen LogP contribution in [0, 0.1) is 0 Å². The lowest BCUT2D eigenvalue weighted by Gasteiger charge is -2.12. The average molecular weight is 231 g/mol. The van der Waals surface area contributed by atoms with Crippen LogP contribution in [0.2, 0.25) is 5.02 Å². The van der Waals surface area contributed by atoms with Crippen LogP contribution in [0.25, 0.3) is 0 Å². The Morgan fingerprint density at radius 1 is 1.53 bits per heavy atom.